The molecule has 1 atom stereocenters. The Morgan fingerprint density at radius 1 is 1.41 bits per heavy atom. The fourth-order valence-electron chi connectivity index (χ4n) is 1.43. The summed E-state index contributed by atoms with van der Waals surface area (Å²) in [7, 11) is -3.79. The number of sulfonamides is 1. The SMILES string of the molecule is CC(CCCCl)NS(=O)(=O)c1ccccc1F. The van der Waals surface area contributed by atoms with Gasteiger partial charge in [-0.15, -0.1) is 11.6 Å². The second kappa shape index (κ2) is 6.33. The molecule has 6 heteroatoms. The molecule has 0 aliphatic carbocycles. The summed E-state index contributed by atoms with van der Waals surface area (Å²) in [6.07, 6.45) is 1.33. The molecule has 96 valence electrons. The summed E-state index contributed by atoms with van der Waals surface area (Å²) in [5, 5.41) is 0. The number of halogens is 2. The molecule has 0 aliphatic rings. The molecule has 1 rings (SSSR count). The van der Waals surface area contributed by atoms with Gasteiger partial charge >= 0.3 is 0 Å². The van der Waals surface area contributed by atoms with Crippen LogP contribution in [0.15, 0.2) is 29.2 Å². The van der Waals surface area contributed by atoms with E-state index in [9.17, 15) is 12.8 Å². The molecule has 0 saturated heterocycles. The highest BCUT2D eigenvalue weighted by atomic mass is 35.5. The van der Waals surface area contributed by atoms with E-state index in [1.807, 2.05) is 0 Å². The summed E-state index contributed by atoms with van der Waals surface area (Å²) >= 11 is 5.52. The van der Waals surface area contributed by atoms with Crippen molar-refractivity contribution in [3.8, 4) is 0 Å². The van der Waals surface area contributed by atoms with E-state index in [-0.39, 0.29) is 10.9 Å². The number of hydrogen-bond donors (Lipinski definition) is 1. The van der Waals surface area contributed by atoms with Crippen molar-refractivity contribution in [3.63, 3.8) is 0 Å². The summed E-state index contributed by atoms with van der Waals surface area (Å²) in [5.74, 6) is -0.268. The molecule has 1 aromatic rings. The zero-order valence-electron chi connectivity index (χ0n) is 9.49. The molecule has 1 unspecified atom stereocenters. The van der Waals surface area contributed by atoms with Gasteiger partial charge in [-0.3, -0.25) is 0 Å². The molecular weight excluding hydrogens is 265 g/mol. The van der Waals surface area contributed by atoms with E-state index < -0.39 is 15.8 Å². The first kappa shape index (κ1) is 14.4. The van der Waals surface area contributed by atoms with Gasteiger partial charge < -0.3 is 0 Å². The number of rotatable bonds is 6. The van der Waals surface area contributed by atoms with Crippen molar-refractivity contribution in [1.29, 1.82) is 0 Å². The molecule has 0 heterocycles. The van der Waals surface area contributed by atoms with Gasteiger partial charge in [-0.2, -0.15) is 0 Å². The van der Waals surface area contributed by atoms with Gasteiger partial charge in [0.2, 0.25) is 10.0 Å². The molecule has 0 saturated carbocycles. The van der Waals surface area contributed by atoms with Gasteiger partial charge in [-0.05, 0) is 31.9 Å². The van der Waals surface area contributed by atoms with Gasteiger partial charge in [0, 0.05) is 11.9 Å². The van der Waals surface area contributed by atoms with Gasteiger partial charge in [0.05, 0.1) is 0 Å². The minimum absolute atomic E-state index is 0.265. The molecule has 0 aliphatic heterocycles. The molecule has 0 bridgehead atoms. The van der Waals surface area contributed by atoms with E-state index in [0.717, 1.165) is 6.07 Å². The predicted octanol–water partition coefficient (Wildman–Crippen LogP) is 2.51. The summed E-state index contributed by atoms with van der Waals surface area (Å²) in [4.78, 5) is -0.322. The monoisotopic (exact) mass is 279 g/mol. The van der Waals surface area contributed by atoms with Crippen molar-refractivity contribution in [1.82, 2.24) is 4.72 Å². The standard InChI is InChI=1S/C11H15ClFNO2S/c1-9(5-4-8-12)14-17(15,16)11-7-3-2-6-10(11)13/h2-3,6-7,9,14H,4-5,8H2,1H3. The van der Waals surface area contributed by atoms with Crippen LogP contribution in [0.2, 0.25) is 0 Å². The summed E-state index contributed by atoms with van der Waals surface area (Å²) < 4.78 is 39.5. The Kier molecular flexibility index (Phi) is 5.36. The zero-order valence-corrected chi connectivity index (χ0v) is 11.1. The summed E-state index contributed by atoms with van der Waals surface area (Å²) in [6.45, 7) is 1.73. The maximum Gasteiger partial charge on any atom is 0.243 e. The topological polar surface area (TPSA) is 46.2 Å². The minimum atomic E-state index is -3.79. The second-order valence-corrected chi connectivity index (χ2v) is 5.84. The average molecular weight is 280 g/mol. The maximum atomic E-state index is 13.3. The average Bonchev–Trinajstić information content (AvgIpc) is 2.26. The van der Waals surface area contributed by atoms with Gasteiger partial charge in [0.25, 0.3) is 0 Å². The van der Waals surface area contributed by atoms with Crippen LogP contribution in [0.5, 0.6) is 0 Å². The Morgan fingerprint density at radius 2 is 2.06 bits per heavy atom. The lowest BCUT2D eigenvalue weighted by Crippen LogP contribution is -2.33. The Morgan fingerprint density at radius 3 is 2.65 bits per heavy atom. The summed E-state index contributed by atoms with van der Waals surface area (Å²) in [6, 6.07) is 5.04. The van der Waals surface area contributed by atoms with E-state index in [1.165, 1.54) is 18.2 Å². The molecule has 0 fully saturated rings. The van der Waals surface area contributed by atoms with Crippen LogP contribution in [0.4, 0.5) is 4.39 Å². The highest BCUT2D eigenvalue weighted by Gasteiger charge is 2.20. The number of nitrogens with one attached hydrogen (secondary N) is 1. The highest BCUT2D eigenvalue weighted by Crippen LogP contribution is 2.14. The lowest BCUT2D eigenvalue weighted by Gasteiger charge is -2.13. The molecule has 0 amide bonds. The lowest BCUT2D eigenvalue weighted by atomic mass is 10.2. The molecule has 0 radical (unpaired) electrons. The number of benzene rings is 1. The van der Waals surface area contributed by atoms with Crippen LogP contribution in [0.25, 0.3) is 0 Å². The fraction of sp³-hybridized carbons (Fsp3) is 0.455. The number of alkyl halides is 1. The predicted molar refractivity (Wildman–Crippen MR) is 66.1 cm³/mol. The van der Waals surface area contributed by atoms with Crippen LogP contribution in [0, 0.1) is 5.82 Å². The van der Waals surface area contributed by atoms with Crippen molar-refractivity contribution in [3.05, 3.63) is 30.1 Å². The van der Waals surface area contributed by atoms with Gasteiger partial charge in [0.1, 0.15) is 10.7 Å². The Labute approximate surface area is 106 Å². The van der Waals surface area contributed by atoms with Crippen molar-refractivity contribution < 1.29 is 12.8 Å². The van der Waals surface area contributed by atoms with Gasteiger partial charge in [0.15, 0.2) is 0 Å². The molecular formula is C11H15ClFNO2S. The quantitative estimate of drug-likeness (QED) is 0.814. The molecule has 17 heavy (non-hydrogen) atoms. The third-order valence-electron chi connectivity index (χ3n) is 2.25. The van der Waals surface area contributed by atoms with Crippen molar-refractivity contribution in [2.45, 2.75) is 30.7 Å². The van der Waals surface area contributed by atoms with E-state index in [2.05, 4.69) is 4.72 Å². The van der Waals surface area contributed by atoms with Gasteiger partial charge in [-0.1, -0.05) is 12.1 Å². The van der Waals surface area contributed by atoms with Crippen LogP contribution in [-0.4, -0.2) is 20.3 Å². The molecule has 3 nitrogen and oxygen atoms in total. The largest absolute Gasteiger partial charge is 0.243 e. The first-order valence-electron chi connectivity index (χ1n) is 5.30. The smallest absolute Gasteiger partial charge is 0.208 e. The van der Waals surface area contributed by atoms with Crippen LogP contribution in [0.1, 0.15) is 19.8 Å². The van der Waals surface area contributed by atoms with E-state index in [0.29, 0.717) is 18.7 Å². The zero-order chi connectivity index (χ0) is 12.9. The lowest BCUT2D eigenvalue weighted by molar-refractivity contribution is 0.531. The first-order chi connectivity index (χ1) is 7.97. The van der Waals surface area contributed by atoms with Crippen LogP contribution >= 0.6 is 11.6 Å². The minimum Gasteiger partial charge on any atom is -0.208 e. The van der Waals surface area contributed by atoms with Crippen LogP contribution in [0.3, 0.4) is 0 Å². The fourth-order valence-corrected chi connectivity index (χ4v) is 2.94. The van der Waals surface area contributed by atoms with E-state index >= 15 is 0 Å². The molecule has 1 N–H and O–H groups in total. The van der Waals surface area contributed by atoms with Crippen LogP contribution < -0.4 is 4.72 Å². The maximum absolute atomic E-state index is 13.3. The Hall–Kier alpha value is -0.650. The van der Waals surface area contributed by atoms with Crippen molar-refractivity contribution in [2.24, 2.45) is 0 Å². The molecule has 1 aromatic carbocycles. The normalized spacial score (nSPS) is 13.6. The van der Waals surface area contributed by atoms with E-state index in [4.69, 9.17) is 11.6 Å². The number of hydrogen-bond acceptors (Lipinski definition) is 2. The third kappa shape index (κ3) is 4.26. The van der Waals surface area contributed by atoms with Crippen LogP contribution in [-0.2, 0) is 10.0 Å². The van der Waals surface area contributed by atoms with Crippen molar-refractivity contribution >= 4 is 21.6 Å². The second-order valence-electron chi connectivity index (χ2n) is 3.78. The van der Waals surface area contributed by atoms with Gasteiger partial charge in [-0.25, -0.2) is 17.5 Å². The van der Waals surface area contributed by atoms with E-state index in [1.54, 1.807) is 6.92 Å². The molecule has 0 spiro atoms. The Bertz CT molecular complexity index is 464. The summed E-state index contributed by atoms with van der Waals surface area (Å²) in [5.41, 5.74) is 0. The Balaban J connectivity index is 2.79. The highest BCUT2D eigenvalue weighted by molar-refractivity contribution is 7.89. The third-order valence-corrected chi connectivity index (χ3v) is 4.14. The van der Waals surface area contributed by atoms with Crippen molar-refractivity contribution in [2.75, 3.05) is 5.88 Å². The first-order valence-corrected chi connectivity index (χ1v) is 7.32. The molecule has 0 aromatic heterocycles.